The number of ketones is 1. The van der Waals surface area contributed by atoms with Crippen molar-refractivity contribution in [3.63, 3.8) is 0 Å². The zero-order valence-corrected chi connectivity index (χ0v) is 11.6. The van der Waals surface area contributed by atoms with Gasteiger partial charge in [-0.05, 0) is 24.6 Å². The first-order chi connectivity index (χ1) is 9.50. The number of halogens is 1. The summed E-state index contributed by atoms with van der Waals surface area (Å²) in [6.45, 7) is 3.57. The van der Waals surface area contributed by atoms with E-state index in [-0.39, 0.29) is 11.3 Å². The maximum atomic E-state index is 13.8. The second-order valence-electron chi connectivity index (χ2n) is 5.07. The predicted octanol–water partition coefficient (Wildman–Crippen LogP) is 3.65. The average Bonchev–Trinajstić information content (AvgIpc) is 2.48. The predicted molar refractivity (Wildman–Crippen MR) is 78.0 cm³/mol. The fraction of sp³-hybridized carbons (Fsp3) is 0.235. The number of aryl methyl sites for hydroxylation is 1. The molecule has 2 nitrogen and oxygen atoms in total. The Morgan fingerprint density at radius 3 is 2.45 bits per heavy atom. The van der Waals surface area contributed by atoms with Crippen molar-refractivity contribution in [2.24, 2.45) is 11.7 Å². The van der Waals surface area contributed by atoms with E-state index in [1.54, 1.807) is 19.1 Å². The van der Waals surface area contributed by atoms with Gasteiger partial charge in [0, 0.05) is 12.0 Å². The highest BCUT2D eigenvalue weighted by molar-refractivity contribution is 5.98. The van der Waals surface area contributed by atoms with Crippen LogP contribution in [0.15, 0.2) is 48.5 Å². The molecule has 0 saturated carbocycles. The Bertz CT molecular complexity index is 610. The van der Waals surface area contributed by atoms with Gasteiger partial charge in [-0.15, -0.1) is 0 Å². The molecule has 2 rings (SSSR count). The molecule has 0 saturated heterocycles. The number of rotatable bonds is 4. The van der Waals surface area contributed by atoms with Gasteiger partial charge in [-0.2, -0.15) is 0 Å². The van der Waals surface area contributed by atoms with Crippen LogP contribution in [-0.4, -0.2) is 5.78 Å². The van der Waals surface area contributed by atoms with Crippen LogP contribution in [0.1, 0.15) is 34.5 Å². The van der Waals surface area contributed by atoms with Crippen molar-refractivity contribution in [2.45, 2.75) is 19.9 Å². The Balaban J connectivity index is 2.27. The summed E-state index contributed by atoms with van der Waals surface area (Å²) < 4.78 is 13.8. The van der Waals surface area contributed by atoms with Gasteiger partial charge in [0.2, 0.25) is 0 Å². The lowest BCUT2D eigenvalue weighted by Crippen LogP contribution is -2.26. The molecule has 0 aliphatic rings. The summed E-state index contributed by atoms with van der Waals surface area (Å²) in [5.74, 6) is -1.23. The van der Waals surface area contributed by atoms with Gasteiger partial charge in [-0.25, -0.2) is 4.39 Å². The van der Waals surface area contributed by atoms with Crippen LogP contribution >= 0.6 is 0 Å². The summed E-state index contributed by atoms with van der Waals surface area (Å²) in [5, 5.41) is 0. The van der Waals surface area contributed by atoms with Gasteiger partial charge in [-0.1, -0.05) is 48.9 Å². The number of benzene rings is 2. The molecular formula is C17H18FNO. The first kappa shape index (κ1) is 14.4. The van der Waals surface area contributed by atoms with E-state index in [1.807, 2.05) is 37.3 Å². The highest BCUT2D eigenvalue weighted by Crippen LogP contribution is 2.24. The molecule has 20 heavy (non-hydrogen) atoms. The van der Waals surface area contributed by atoms with Gasteiger partial charge in [0.25, 0.3) is 0 Å². The summed E-state index contributed by atoms with van der Waals surface area (Å²) in [5.41, 5.74) is 7.97. The van der Waals surface area contributed by atoms with Crippen LogP contribution in [0.2, 0.25) is 0 Å². The van der Waals surface area contributed by atoms with Gasteiger partial charge < -0.3 is 5.73 Å². The third-order valence-electron chi connectivity index (χ3n) is 3.52. The lowest BCUT2D eigenvalue weighted by Gasteiger charge is -2.19. The van der Waals surface area contributed by atoms with Crippen LogP contribution in [0.4, 0.5) is 4.39 Å². The summed E-state index contributed by atoms with van der Waals surface area (Å²) in [6, 6.07) is 13.5. The second-order valence-corrected chi connectivity index (χ2v) is 5.07. The molecule has 0 spiro atoms. The number of Topliss-reactive ketones (excluding diaryl/α,β-unsaturated/α-hetero) is 1. The van der Waals surface area contributed by atoms with Crippen molar-refractivity contribution < 1.29 is 9.18 Å². The number of hydrogen-bond acceptors (Lipinski definition) is 2. The van der Waals surface area contributed by atoms with E-state index in [0.717, 1.165) is 11.1 Å². The molecule has 2 unspecified atom stereocenters. The Kier molecular flexibility index (Phi) is 4.30. The Hall–Kier alpha value is -2.00. The van der Waals surface area contributed by atoms with E-state index >= 15 is 0 Å². The number of carbonyl (C=O) groups excluding carboxylic acids is 1. The highest BCUT2D eigenvalue weighted by Gasteiger charge is 2.25. The SMILES string of the molecule is Cc1ccc(F)c(C(=O)C(C)C(N)c2ccccc2)c1. The number of carbonyl (C=O) groups is 1. The van der Waals surface area contributed by atoms with E-state index in [1.165, 1.54) is 6.07 Å². The lowest BCUT2D eigenvalue weighted by atomic mass is 9.88. The Morgan fingerprint density at radius 1 is 1.15 bits per heavy atom. The standard InChI is InChI=1S/C17H18FNO/c1-11-8-9-15(18)14(10-11)17(20)12(2)16(19)13-6-4-3-5-7-13/h3-10,12,16H,19H2,1-2H3. The fourth-order valence-corrected chi connectivity index (χ4v) is 2.20. The molecule has 2 aromatic rings. The summed E-state index contributed by atoms with van der Waals surface area (Å²) in [6.07, 6.45) is 0. The first-order valence-corrected chi connectivity index (χ1v) is 6.61. The van der Waals surface area contributed by atoms with Gasteiger partial charge in [0.05, 0.1) is 5.56 Å². The van der Waals surface area contributed by atoms with Gasteiger partial charge in [0.1, 0.15) is 5.82 Å². The molecule has 2 atom stereocenters. The fourth-order valence-electron chi connectivity index (χ4n) is 2.20. The van der Waals surface area contributed by atoms with Crippen molar-refractivity contribution in [2.75, 3.05) is 0 Å². The van der Waals surface area contributed by atoms with Gasteiger partial charge in [-0.3, -0.25) is 4.79 Å². The molecule has 3 heteroatoms. The van der Waals surface area contributed by atoms with E-state index < -0.39 is 17.8 Å². The summed E-state index contributed by atoms with van der Waals surface area (Å²) >= 11 is 0. The molecular weight excluding hydrogens is 253 g/mol. The number of nitrogens with two attached hydrogens (primary N) is 1. The van der Waals surface area contributed by atoms with Crippen molar-refractivity contribution in [1.29, 1.82) is 0 Å². The highest BCUT2D eigenvalue weighted by atomic mass is 19.1. The van der Waals surface area contributed by atoms with Crippen LogP contribution in [-0.2, 0) is 0 Å². The zero-order valence-electron chi connectivity index (χ0n) is 11.6. The van der Waals surface area contributed by atoms with E-state index in [0.29, 0.717) is 0 Å². The maximum Gasteiger partial charge on any atom is 0.170 e. The molecule has 0 aromatic heterocycles. The largest absolute Gasteiger partial charge is 0.323 e. The van der Waals surface area contributed by atoms with Crippen molar-refractivity contribution in [3.05, 3.63) is 71.0 Å². The van der Waals surface area contributed by atoms with Crippen LogP contribution in [0.5, 0.6) is 0 Å². The van der Waals surface area contributed by atoms with Crippen molar-refractivity contribution in [3.8, 4) is 0 Å². The average molecular weight is 271 g/mol. The normalized spacial score (nSPS) is 13.8. The van der Waals surface area contributed by atoms with Crippen LogP contribution in [0.3, 0.4) is 0 Å². The minimum Gasteiger partial charge on any atom is -0.323 e. The second kappa shape index (κ2) is 5.97. The minimum absolute atomic E-state index is 0.115. The molecule has 0 aliphatic heterocycles. The molecule has 2 N–H and O–H groups in total. The summed E-state index contributed by atoms with van der Waals surface area (Å²) in [7, 11) is 0. The molecule has 104 valence electrons. The monoisotopic (exact) mass is 271 g/mol. The van der Waals surface area contributed by atoms with E-state index in [4.69, 9.17) is 5.73 Å². The summed E-state index contributed by atoms with van der Waals surface area (Å²) in [4.78, 5) is 12.4. The Labute approximate surface area is 118 Å². The minimum atomic E-state index is -0.493. The Morgan fingerprint density at radius 2 is 1.80 bits per heavy atom. The van der Waals surface area contributed by atoms with Gasteiger partial charge >= 0.3 is 0 Å². The molecule has 0 fully saturated rings. The quantitative estimate of drug-likeness (QED) is 0.862. The molecule has 0 heterocycles. The smallest absolute Gasteiger partial charge is 0.170 e. The van der Waals surface area contributed by atoms with Crippen molar-refractivity contribution in [1.82, 2.24) is 0 Å². The molecule has 0 radical (unpaired) electrons. The number of hydrogen-bond donors (Lipinski definition) is 1. The molecule has 2 aromatic carbocycles. The van der Waals surface area contributed by atoms with Gasteiger partial charge in [0.15, 0.2) is 5.78 Å². The topological polar surface area (TPSA) is 43.1 Å². The third-order valence-corrected chi connectivity index (χ3v) is 3.52. The maximum absolute atomic E-state index is 13.8. The molecule has 0 amide bonds. The lowest BCUT2D eigenvalue weighted by molar-refractivity contribution is 0.0908. The van der Waals surface area contributed by atoms with Crippen LogP contribution < -0.4 is 5.73 Å². The molecule has 0 aliphatic carbocycles. The first-order valence-electron chi connectivity index (χ1n) is 6.61. The van der Waals surface area contributed by atoms with E-state index in [2.05, 4.69) is 0 Å². The van der Waals surface area contributed by atoms with Crippen LogP contribution in [0, 0.1) is 18.7 Å². The molecule has 0 bridgehead atoms. The third kappa shape index (κ3) is 2.94. The van der Waals surface area contributed by atoms with E-state index in [9.17, 15) is 9.18 Å². The zero-order chi connectivity index (χ0) is 14.7. The van der Waals surface area contributed by atoms with Crippen LogP contribution in [0.25, 0.3) is 0 Å². The van der Waals surface area contributed by atoms with Crippen molar-refractivity contribution >= 4 is 5.78 Å².